The van der Waals surface area contributed by atoms with Gasteiger partial charge in [0.2, 0.25) is 0 Å². The number of nitrogens with one attached hydrogen (secondary N) is 1. The van der Waals surface area contributed by atoms with Gasteiger partial charge in [-0.1, -0.05) is 0 Å². The fraction of sp³-hybridized carbons (Fsp3) is 0.429. The number of aromatic nitrogens is 2. The van der Waals surface area contributed by atoms with Crippen molar-refractivity contribution in [1.82, 2.24) is 15.1 Å². The Morgan fingerprint density at radius 2 is 2.54 bits per heavy atom. The SMILES string of the molecule is O=NC(=O)c1cc2n(n1)CCNC2. The first-order valence-corrected chi connectivity index (χ1v) is 3.96. The van der Waals surface area contributed by atoms with E-state index in [1.54, 1.807) is 10.7 Å². The summed E-state index contributed by atoms with van der Waals surface area (Å²) in [5, 5.41) is 9.40. The molecule has 0 radical (unpaired) electrons. The summed E-state index contributed by atoms with van der Waals surface area (Å²) in [6, 6.07) is 1.59. The van der Waals surface area contributed by atoms with Crippen LogP contribution in [0.25, 0.3) is 0 Å². The molecule has 0 aromatic carbocycles. The Morgan fingerprint density at radius 1 is 1.69 bits per heavy atom. The number of carbonyl (C=O) groups excluding carboxylic acids is 1. The highest BCUT2D eigenvalue weighted by molar-refractivity contribution is 5.92. The van der Waals surface area contributed by atoms with Crippen LogP contribution >= 0.6 is 0 Å². The first-order valence-electron chi connectivity index (χ1n) is 3.96. The minimum Gasteiger partial charge on any atom is -0.309 e. The van der Waals surface area contributed by atoms with Crippen molar-refractivity contribution in [2.75, 3.05) is 6.54 Å². The van der Waals surface area contributed by atoms with Gasteiger partial charge in [-0.3, -0.25) is 9.48 Å². The third-order valence-electron chi connectivity index (χ3n) is 1.97. The van der Waals surface area contributed by atoms with Gasteiger partial charge in [0.15, 0.2) is 5.69 Å². The fourth-order valence-corrected chi connectivity index (χ4v) is 1.34. The van der Waals surface area contributed by atoms with Crippen LogP contribution in [0, 0.1) is 4.91 Å². The molecule has 1 aliphatic rings. The normalized spacial score (nSPS) is 15.1. The van der Waals surface area contributed by atoms with Crippen LogP contribution in [0.1, 0.15) is 16.2 Å². The second-order valence-corrected chi connectivity index (χ2v) is 2.82. The van der Waals surface area contributed by atoms with E-state index in [-0.39, 0.29) is 5.69 Å². The number of carbonyl (C=O) groups is 1. The summed E-state index contributed by atoms with van der Waals surface area (Å²) in [6.45, 7) is 2.23. The van der Waals surface area contributed by atoms with Crippen molar-refractivity contribution in [2.45, 2.75) is 13.1 Å². The topological polar surface area (TPSA) is 76.3 Å². The van der Waals surface area contributed by atoms with E-state index in [0.717, 1.165) is 18.8 Å². The zero-order valence-electron chi connectivity index (χ0n) is 6.86. The number of amides is 1. The maximum absolute atomic E-state index is 10.9. The van der Waals surface area contributed by atoms with Gasteiger partial charge < -0.3 is 5.32 Å². The van der Waals surface area contributed by atoms with Gasteiger partial charge in [0.05, 0.1) is 12.2 Å². The Bertz CT molecular complexity index is 334. The molecule has 2 rings (SSSR count). The van der Waals surface area contributed by atoms with Crippen molar-refractivity contribution in [3.63, 3.8) is 0 Å². The van der Waals surface area contributed by atoms with Gasteiger partial charge in [-0.25, -0.2) is 0 Å². The molecule has 68 valence electrons. The molecule has 0 fully saturated rings. The van der Waals surface area contributed by atoms with Gasteiger partial charge in [-0.2, -0.15) is 5.10 Å². The summed E-state index contributed by atoms with van der Waals surface area (Å²) in [4.78, 5) is 20.8. The van der Waals surface area contributed by atoms with Crippen molar-refractivity contribution < 1.29 is 4.79 Å². The smallest absolute Gasteiger partial charge is 0.309 e. The van der Waals surface area contributed by atoms with E-state index in [9.17, 15) is 9.70 Å². The quantitative estimate of drug-likeness (QED) is 0.612. The van der Waals surface area contributed by atoms with Crippen molar-refractivity contribution in [2.24, 2.45) is 5.18 Å². The molecule has 0 atom stereocenters. The van der Waals surface area contributed by atoms with E-state index in [0.29, 0.717) is 6.54 Å². The molecule has 1 aliphatic heterocycles. The molecule has 13 heavy (non-hydrogen) atoms. The van der Waals surface area contributed by atoms with Crippen LogP contribution in [0.4, 0.5) is 0 Å². The van der Waals surface area contributed by atoms with Crippen molar-refractivity contribution in [1.29, 1.82) is 0 Å². The van der Waals surface area contributed by atoms with Crippen LogP contribution in [0.2, 0.25) is 0 Å². The predicted octanol–water partition coefficient (Wildman–Crippen LogP) is -0.107. The van der Waals surface area contributed by atoms with Crippen LogP contribution < -0.4 is 5.32 Å². The average Bonchev–Trinajstić information content (AvgIpc) is 2.59. The molecule has 0 saturated heterocycles. The Hall–Kier alpha value is -1.56. The largest absolute Gasteiger partial charge is 0.336 e. The number of hydrogen-bond donors (Lipinski definition) is 1. The molecule has 6 heteroatoms. The third kappa shape index (κ3) is 1.35. The van der Waals surface area contributed by atoms with Crippen LogP contribution in [-0.4, -0.2) is 22.2 Å². The summed E-state index contributed by atoms with van der Waals surface area (Å²) in [5.41, 5.74) is 1.05. The molecule has 1 aromatic heterocycles. The molecular formula is C7H8N4O2. The molecule has 6 nitrogen and oxygen atoms in total. The Labute approximate surface area is 73.9 Å². The number of fused-ring (bicyclic) bond motifs is 1. The maximum atomic E-state index is 10.9. The predicted molar refractivity (Wildman–Crippen MR) is 44.1 cm³/mol. The third-order valence-corrected chi connectivity index (χ3v) is 1.97. The van der Waals surface area contributed by atoms with Crippen molar-refractivity contribution in [3.8, 4) is 0 Å². The van der Waals surface area contributed by atoms with Gasteiger partial charge in [0, 0.05) is 18.3 Å². The standard InChI is InChI=1S/C7H8N4O2/c12-7(10-13)6-3-5-4-8-1-2-11(5)9-6/h3,8H,1-2,4H2. The van der Waals surface area contributed by atoms with Crippen LogP contribution in [0.5, 0.6) is 0 Å². The highest BCUT2D eigenvalue weighted by atomic mass is 16.3. The van der Waals surface area contributed by atoms with Crippen molar-refractivity contribution in [3.05, 3.63) is 22.4 Å². The van der Waals surface area contributed by atoms with E-state index in [4.69, 9.17) is 0 Å². The highest BCUT2D eigenvalue weighted by Gasteiger charge is 2.16. The lowest BCUT2D eigenvalue weighted by molar-refractivity contribution is 0.0995. The number of hydrogen-bond acceptors (Lipinski definition) is 4. The van der Waals surface area contributed by atoms with Crippen molar-refractivity contribution >= 4 is 5.91 Å². The Balaban J connectivity index is 2.35. The highest BCUT2D eigenvalue weighted by Crippen LogP contribution is 2.08. The lowest BCUT2D eigenvalue weighted by atomic mass is 10.3. The lowest BCUT2D eigenvalue weighted by Crippen LogP contribution is -2.28. The lowest BCUT2D eigenvalue weighted by Gasteiger charge is -2.13. The van der Waals surface area contributed by atoms with Gasteiger partial charge >= 0.3 is 5.91 Å². The van der Waals surface area contributed by atoms with Crippen LogP contribution in [0.3, 0.4) is 0 Å². The second kappa shape index (κ2) is 3.06. The molecule has 0 spiro atoms. The molecule has 0 aliphatic carbocycles. The molecule has 0 saturated carbocycles. The molecule has 0 unspecified atom stereocenters. The summed E-state index contributed by atoms with van der Waals surface area (Å²) in [7, 11) is 0. The van der Waals surface area contributed by atoms with E-state index in [1.165, 1.54) is 0 Å². The molecular weight excluding hydrogens is 172 g/mol. The van der Waals surface area contributed by atoms with E-state index in [1.807, 2.05) is 0 Å². The monoisotopic (exact) mass is 180 g/mol. The first kappa shape index (κ1) is 8.06. The number of nitroso groups, excluding NO2 is 1. The summed E-state index contributed by atoms with van der Waals surface area (Å²) in [6.07, 6.45) is 0. The maximum Gasteiger partial charge on any atom is 0.336 e. The molecule has 2 heterocycles. The van der Waals surface area contributed by atoms with Gasteiger partial charge in [-0.05, 0) is 6.07 Å². The summed E-state index contributed by atoms with van der Waals surface area (Å²) in [5.74, 6) is -0.804. The van der Waals surface area contributed by atoms with Crippen LogP contribution in [0.15, 0.2) is 11.2 Å². The van der Waals surface area contributed by atoms with E-state index in [2.05, 4.69) is 15.6 Å². The molecule has 1 aromatic rings. The molecule has 0 bridgehead atoms. The van der Waals surface area contributed by atoms with Crippen LogP contribution in [-0.2, 0) is 13.1 Å². The zero-order chi connectivity index (χ0) is 9.26. The first-order chi connectivity index (χ1) is 6.31. The fourth-order valence-electron chi connectivity index (χ4n) is 1.34. The van der Waals surface area contributed by atoms with E-state index < -0.39 is 5.91 Å². The minimum atomic E-state index is -0.804. The second-order valence-electron chi connectivity index (χ2n) is 2.82. The van der Waals surface area contributed by atoms with E-state index >= 15 is 0 Å². The Morgan fingerprint density at radius 3 is 3.23 bits per heavy atom. The molecule has 1 amide bonds. The minimum absolute atomic E-state index is 0.133. The summed E-state index contributed by atoms with van der Waals surface area (Å²) >= 11 is 0. The van der Waals surface area contributed by atoms with Gasteiger partial charge in [-0.15, -0.1) is 4.91 Å². The number of rotatable bonds is 1. The average molecular weight is 180 g/mol. The summed E-state index contributed by atoms with van der Waals surface area (Å²) < 4.78 is 1.72. The number of nitrogens with zero attached hydrogens (tertiary/aromatic N) is 3. The molecule has 1 N–H and O–H groups in total. The van der Waals surface area contributed by atoms with Gasteiger partial charge in [0.1, 0.15) is 0 Å². The zero-order valence-corrected chi connectivity index (χ0v) is 6.86. The Kier molecular flexibility index (Phi) is 1.90. The van der Waals surface area contributed by atoms with Gasteiger partial charge in [0.25, 0.3) is 0 Å².